The van der Waals surface area contributed by atoms with E-state index in [1.165, 1.54) is 10.9 Å². The van der Waals surface area contributed by atoms with Crippen molar-refractivity contribution in [3.05, 3.63) is 41.7 Å². The summed E-state index contributed by atoms with van der Waals surface area (Å²) in [7, 11) is 0. The molecular weight excluding hydrogens is 272 g/mol. The molecule has 1 heterocycles. The maximum absolute atomic E-state index is 12.0. The number of benzene rings is 1. The van der Waals surface area contributed by atoms with Crippen molar-refractivity contribution in [1.82, 2.24) is 15.0 Å². The molecule has 0 saturated heterocycles. The average molecular weight is 288 g/mol. The van der Waals surface area contributed by atoms with E-state index in [1.807, 2.05) is 0 Å². The Bertz CT molecular complexity index is 634. The highest BCUT2D eigenvalue weighted by Crippen LogP contribution is 2.11. The zero-order chi connectivity index (χ0) is 15.2. The van der Waals surface area contributed by atoms with Crippen molar-refractivity contribution in [2.75, 3.05) is 11.9 Å². The zero-order valence-electron chi connectivity index (χ0n) is 11.3. The minimum absolute atomic E-state index is 0.168. The van der Waals surface area contributed by atoms with Crippen molar-refractivity contribution in [3.63, 3.8) is 0 Å². The van der Waals surface area contributed by atoms with Crippen molar-refractivity contribution in [2.24, 2.45) is 11.5 Å². The van der Waals surface area contributed by atoms with Gasteiger partial charge in [0.05, 0.1) is 19.2 Å². The second-order valence-electron chi connectivity index (χ2n) is 4.45. The van der Waals surface area contributed by atoms with Gasteiger partial charge in [-0.2, -0.15) is 0 Å². The minimum Gasteiger partial charge on any atom is -0.369 e. The van der Waals surface area contributed by atoms with Gasteiger partial charge in [0.25, 0.3) is 5.91 Å². The number of nitrogens with two attached hydrogens (primary N) is 2. The van der Waals surface area contributed by atoms with Crippen LogP contribution in [0.15, 0.2) is 30.5 Å². The Morgan fingerprint density at radius 2 is 1.95 bits per heavy atom. The lowest BCUT2D eigenvalue weighted by Crippen LogP contribution is -2.14. The van der Waals surface area contributed by atoms with Gasteiger partial charge in [-0.05, 0) is 17.7 Å². The normalized spacial score (nSPS) is 10.3. The van der Waals surface area contributed by atoms with Crippen LogP contribution < -0.4 is 16.8 Å². The minimum atomic E-state index is -0.400. The fourth-order valence-corrected chi connectivity index (χ4v) is 1.75. The van der Waals surface area contributed by atoms with Crippen molar-refractivity contribution < 1.29 is 9.59 Å². The fraction of sp³-hybridized carbons (Fsp3) is 0.231. The van der Waals surface area contributed by atoms with Gasteiger partial charge in [0.2, 0.25) is 5.91 Å². The van der Waals surface area contributed by atoms with Gasteiger partial charge in [-0.1, -0.05) is 17.3 Å². The standard InChI is InChI=1S/C13H16N6O2/c14-5-6-19-8-11(17-18-19)13(21)16-10-3-1-9(2-4-10)7-12(15)20/h1-4,8H,5-7,14H2,(H2,15,20)(H,16,21). The van der Waals surface area contributed by atoms with E-state index in [2.05, 4.69) is 15.6 Å². The number of hydrogen-bond acceptors (Lipinski definition) is 5. The van der Waals surface area contributed by atoms with E-state index >= 15 is 0 Å². The van der Waals surface area contributed by atoms with Crippen LogP contribution in [0.1, 0.15) is 16.1 Å². The SMILES string of the molecule is NCCn1cc(C(=O)Nc2ccc(CC(N)=O)cc2)nn1. The topological polar surface area (TPSA) is 129 Å². The molecule has 0 aliphatic carbocycles. The molecule has 2 aromatic rings. The number of anilines is 1. The molecule has 8 heteroatoms. The molecule has 0 spiro atoms. The average Bonchev–Trinajstić information content (AvgIpc) is 2.89. The van der Waals surface area contributed by atoms with Gasteiger partial charge in [0.15, 0.2) is 5.69 Å². The van der Waals surface area contributed by atoms with Gasteiger partial charge < -0.3 is 16.8 Å². The van der Waals surface area contributed by atoms with Crippen molar-refractivity contribution in [1.29, 1.82) is 0 Å². The van der Waals surface area contributed by atoms with Gasteiger partial charge >= 0.3 is 0 Å². The van der Waals surface area contributed by atoms with Gasteiger partial charge in [0.1, 0.15) is 0 Å². The van der Waals surface area contributed by atoms with E-state index in [4.69, 9.17) is 11.5 Å². The number of nitrogens with one attached hydrogen (secondary N) is 1. The molecule has 0 aliphatic rings. The summed E-state index contributed by atoms with van der Waals surface area (Å²) in [5.41, 5.74) is 12.1. The Morgan fingerprint density at radius 3 is 2.57 bits per heavy atom. The molecule has 5 N–H and O–H groups in total. The van der Waals surface area contributed by atoms with E-state index < -0.39 is 5.91 Å². The molecule has 8 nitrogen and oxygen atoms in total. The predicted octanol–water partition coefficient (Wildman–Crippen LogP) is -0.483. The number of nitrogens with zero attached hydrogens (tertiary/aromatic N) is 3. The summed E-state index contributed by atoms with van der Waals surface area (Å²) in [5.74, 6) is -0.760. The van der Waals surface area contributed by atoms with Gasteiger partial charge in [0, 0.05) is 12.2 Å². The zero-order valence-corrected chi connectivity index (χ0v) is 11.3. The van der Waals surface area contributed by atoms with Gasteiger partial charge in [-0.25, -0.2) is 0 Å². The van der Waals surface area contributed by atoms with Crippen LogP contribution in [0.2, 0.25) is 0 Å². The maximum atomic E-state index is 12.0. The lowest BCUT2D eigenvalue weighted by atomic mass is 10.1. The predicted molar refractivity (Wildman–Crippen MR) is 76.4 cm³/mol. The van der Waals surface area contributed by atoms with E-state index in [0.29, 0.717) is 18.8 Å². The fourth-order valence-electron chi connectivity index (χ4n) is 1.75. The molecule has 2 rings (SSSR count). The molecule has 0 radical (unpaired) electrons. The molecular formula is C13H16N6O2. The monoisotopic (exact) mass is 288 g/mol. The molecule has 2 amide bonds. The molecule has 0 aliphatic heterocycles. The van der Waals surface area contributed by atoms with E-state index in [9.17, 15) is 9.59 Å². The third-order valence-electron chi connectivity index (χ3n) is 2.72. The molecule has 0 fully saturated rings. The van der Waals surface area contributed by atoms with Crippen molar-refractivity contribution >= 4 is 17.5 Å². The Morgan fingerprint density at radius 1 is 1.24 bits per heavy atom. The van der Waals surface area contributed by atoms with Crippen LogP contribution in [0.25, 0.3) is 0 Å². The third kappa shape index (κ3) is 4.11. The molecule has 0 unspecified atom stereocenters. The molecule has 0 bridgehead atoms. The van der Waals surface area contributed by atoms with Crippen molar-refractivity contribution in [2.45, 2.75) is 13.0 Å². The van der Waals surface area contributed by atoms with Gasteiger partial charge in [-0.15, -0.1) is 5.10 Å². The highest BCUT2D eigenvalue weighted by Gasteiger charge is 2.11. The van der Waals surface area contributed by atoms with E-state index in [-0.39, 0.29) is 18.0 Å². The first-order valence-corrected chi connectivity index (χ1v) is 6.37. The highest BCUT2D eigenvalue weighted by molar-refractivity contribution is 6.02. The van der Waals surface area contributed by atoms with Crippen molar-refractivity contribution in [3.8, 4) is 0 Å². The first-order chi connectivity index (χ1) is 10.1. The first-order valence-electron chi connectivity index (χ1n) is 6.37. The quantitative estimate of drug-likeness (QED) is 0.661. The van der Waals surface area contributed by atoms with Crippen LogP contribution in [0.3, 0.4) is 0 Å². The largest absolute Gasteiger partial charge is 0.369 e. The number of primary amides is 1. The summed E-state index contributed by atoms with van der Waals surface area (Å²) in [6, 6.07) is 6.85. The number of hydrogen-bond donors (Lipinski definition) is 3. The van der Waals surface area contributed by atoms with Crippen LogP contribution >= 0.6 is 0 Å². The number of rotatable bonds is 6. The molecule has 1 aromatic heterocycles. The Labute approximate surface area is 121 Å². The number of aromatic nitrogens is 3. The van der Waals surface area contributed by atoms with Crippen LogP contribution in [-0.4, -0.2) is 33.4 Å². The first kappa shape index (κ1) is 14.7. The number of amides is 2. The second-order valence-corrected chi connectivity index (χ2v) is 4.45. The maximum Gasteiger partial charge on any atom is 0.277 e. The lowest BCUT2D eigenvalue weighted by Gasteiger charge is -2.04. The summed E-state index contributed by atoms with van der Waals surface area (Å²) < 4.78 is 1.50. The molecule has 0 atom stereocenters. The van der Waals surface area contributed by atoms with Crippen LogP contribution in [0, 0.1) is 0 Å². The lowest BCUT2D eigenvalue weighted by molar-refractivity contribution is -0.117. The Balaban J connectivity index is 1.99. The Hall–Kier alpha value is -2.74. The summed E-state index contributed by atoms with van der Waals surface area (Å²) in [6.45, 7) is 0.924. The molecule has 21 heavy (non-hydrogen) atoms. The molecule has 110 valence electrons. The highest BCUT2D eigenvalue weighted by atomic mass is 16.2. The Kier molecular flexibility index (Phi) is 4.62. The summed E-state index contributed by atoms with van der Waals surface area (Å²) in [5, 5.41) is 10.3. The molecule has 1 aromatic carbocycles. The van der Waals surface area contributed by atoms with Crippen LogP contribution in [0.5, 0.6) is 0 Å². The summed E-state index contributed by atoms with van der Waals surface area (Å²) in [4.78, 5) is 22.8. The second kappa shape index (κ2) is 6.62. The third-order valence-corrected chi connectivity index (χ3v) is 2.72. The van der Waals surface area contributed by atoms with Crippen LogP contribution in [0.4, 0.5) is 5.69 Å². The summed E-state index contributed by atoms with van der Waals surface area (Å²) >= 11 is 0. The van der Waals surface area contributed by atoms with E-state index in [0.717, 1.165) is 5.56 Å². The van der Waals surface area contributed by atoms with Crippen LogP contribution in [-0.2, 0) is 17.8 Å². The number of carbonyl (C=O) groups excluding carboxylic acids is 2. The number of carbonyl (C=O) groups is 2. The van der Waals surface area contributed by atoms with E-state index in [1.54, 1.807) is 24.3 Å². The molecule has 0 saturated carbocycles. The van der Waals surface area contributed by atoms with Gasteiger partial charge in [-0.3, -0.25) is 14.3 Å². The smallest absolute Gasteiger partial charge is 0.277 e. The summed E-state index contributed by atoms with van der Waals surface area (Å²) in [6.07, 6.45) is 1.70.